The number of nitriles is 1. The third-order valence-corrected chi connectivity index (χ3v) is 2.97. The van der Waals surface area contributed by atoms with E-state index in [1.807, 2.05) is 13.8 Å². The van der Waals surface area contributed by atoms with Crippen LogP contribution in [0.1, 0.15) is 53.4 Å². The summed E-state index contributed by atoms with van der Waals surface area (Å²) < 4.78 is 5.52. The molecule has 1 N–H and O–H groups in total. The van der Waals surface area contributed by atoms with E-state index in [9.17, 15) is 0 Å². The van der Waals surface area contributed by atoms with Crippen molar-refractivity contribution in [3.63, 3.8) is 0 Å². The molecule has 0 aromatic rings. The van der Waals surface area contributed by atoms with Gasteiger partial charge in [-0.3, -0.25) is 0 Å². The van der Waals surface area contributed by atoms with Gasteiger partial charge in [0, 0.05) is 13.2 Å². The van der Waals surface area contributed by atoms with Gasteiger partial charge in [-0.2, -0.15) is 5.26 Å². The molecule has 0 aliphatic heterocycles. The van der Waals surface area contributed by atoms with Gasteiger partial charge >= 0.3 is 0 Å². The monoisotopic (exact) mass is 254 g/mol. The normalized spacial score (nSPS) is 11.8. The van der Waals surface area contributed by atoms with Crippen molar-refractivity contribution < 1.29 is 4.74 Å². The van der Waals surface area contributed by atoms with Gasteiger partial charge in [0.25, 0.3) is 0 Å². The smallest absolute Gasteiger partial charge is 0.0683 e. The first-order valence-electron chi connectivity index (χ1n) is 7.17. The summed E-state index contributed by atoms with van der Waals surface area (Å²) >= 11 is 0. The molecule has 0 saturated heterocycles. The standard InChI is InChI=1S/C15H30N2O/c1-14(2)7-11-18-12-10-17-9-6-5-8-15(3,4)13-16/h14,17H,5-12H2,1-4H3. The molecule has 18 heavy (non-hydrogen) atoms. The molecule has 0 spiro atoms. The molecule has 3 nitrogen and oxygen atoms in total. The summed E-state index contributed by atoms with van der Waals surface area (Å²) in [5.41, 5.74) is -0.167. The fourth-order valence-electron chi connectivity index (χ4n) is 1.56. The largest absolute Gasteiger partial charge is 0.380 e. The Morgan fingerprint density at radius 3 is 2.50 bits per heavy atom. The van der Waals surface area contributed by atoms with E-state index in [1.54, 1.807) is 0 Å². The van der Waals surface area contributed by atoms with E-state index in [2.05, 4.69) is 25.2 Å². The first kappa shape index (κ1) is 17.4. The maximum atomic E-state index is 8.87. The molecule has 0 aliphatic rings. The van der Waals surface area contributed by atoms with Crippen LogP contribution < -0.4 is 5.32 Å². The lowest BCUT2D eigenvalue weighted by molar-refractivity contribution is 0.125. The van der Waals surface area contributed by atoms with Gasteiger partial charge in [-0.15, -0.1) is 0 Å². The Morgan fingerprint density at radius 1 is 1.17 bits per heavy atom. The van der Waals surface area contributed by atoms with Gasteiger partial charge in [0.1, 0.15) is 0 Å². The second-order valence-corrected chi connectivity index (χ2v) is 6.00. The van der Waals surface area contributed by atoms with Crippen LogP contribution >= 0.6 is 0 Å². The summed E-state index contributed by atoms with van der Waals surface area (Å²) in [6.07, 6.45) is 4.37. The molecule has 0 aliphatic carbocycles. The first-order chi connectivity index (χ1) is 8.48. The Hall–Kier alpha value is -0.590. The van der Waals surface area contributed by atoms with E-state index in [4.69, 9.17) is 10.00 Å². The Morgan fingerprint density at radius 2 is 1.89 bits per heavy atom. The van der Waals surface area contributed by atoms with Crippen molar-refractivity contribution in [2.45, 2.75) is 53.4 Å². The molecule has 106 valence electrons. The third-order valence-electron chi connectivity index (χ3n) is 2.97. The number of rotatable bonds is 11. The second-order valence-electron chi connectivity index (χ2n) is 6.00. The minimum Gasteiger partial charge on any atom is -0.380 e. The quantitative estimate of drug-likeness (QED) is 0.575. The van der Waals surface area contributed by atoms with E-state index in [0.29, 0.717) is 0 Å². The van der Waals surface area contributed by atoms with Crippen LogP contribution in [0.25, 0.3) is 0 Å². The highest BCUT2D eigenvalue weighted by molar-refractivity contribution is 4.91. The van der Waals surface area contributed by atoms with Gasteiger partial charge in [-0.1, -0.05) is 20.3 Å². The topological polar surface area (TPSA) is 45.0 Å². The van der Waals surface area contributed by atoms with E-state index >= 15 is 0 Å². The minimum atomic E-state index is -0.167. The van der Waals surface area contributed by atoms with E-state index < -0.39 is 0 Å². The summed E-state index contributed by atoms with van der Waals surface area (Å²) in [5, 5.41) is 12.2. The van der Waals surface area contributed by atoms with E-state index in [1.165, 1.54) is 0 Å². The van der Waals surface area contributed by atoms with Crippen LogP contribution in [0.5, 0.6) is 0 Å². The maximum Gasteiger partial charge on any atom is 0.0683 e. The molecular formula is C15H30N2O. The van der Waals surface area contributed by atoms with Gasteiger partial charge in [0.05, 0.1) is 18.1 Å². The molecule has 0 heterocycles. The van der Waals surface area contributed by atoms with Crippen molar-refractivity contribution in [2.75, 3.05) is 26.3 Å². The highest BCUT2D eigenvalue weighted by Crippen LogP contribution is 2.21. The molecule has 0 bridgehead atoms. The average molecular weight is 254 g/mol. The Kier molecular flexibility index (Phi) is 10.0. The molecule has 3 heteroatoms. The molecule has 0 fully saturated rings. The lowest BCUT2D eigenvalue weighted by Gasteiger charge is -2.14. The van der Waals surface area contributed by atoms with Gasteiger partial charge in [0.2, 0.25) is 0 Å². The number of unbranched alkanes of at least 4 members (excludes halogenated alkanes) is 1. The van der Waals surface area contributed by atoms with Gasteiger partial charge in [-0.25, -0.2) is 0 Å². The predicted octanol–water partition coefficient (Wildman–Crippen LogP) is 3.36. The van der Waals surface area contributed by atoms with Crippen LogP contribution in [0, 0.1) is 22.7 Å². The summed E-state index contributed by atoms with van der Waals surface area (Å²) in [6, 6.07) is 2.34. The van der Waals surface area contributed by atoms with Gasteiger partial charge < -0.3 is 10.1 Å². The van der Waals surface area contributed by atoms with Crippen molar-refractivity contribution in [2.24, 2.45) is 11.3 Å². The maximum absolute atomic E-state index is 8.87. The van der Waals surface area contributed by atoms with E-state index in [-0.39, 0.29) is 5.41 Å². The molecule has 0 aromatic carbocycles. The Bertz CT molecular complexity index is 231. The second kappa shape index (κ2) is 10.3. The molecule has 0 unspecified atom stereocenters. The summed E-state index contributed by atoms with van der Waals surface area (Å²) in [6.45, 7) is 12.1. The molecule has 0 radical (unpaired) electrons. The average Bonchev–Trinajstić information content (AvgIpc) is 2.31. The zero-order valence-corrected chi connectivity index (χ0v) is 12.6. The fourth-order valence-corrected chi connectivity index (χ4v) is 1.56. The summed E-state index contributed by atoms with van der Waals surface area (Å²) in [4.78, 5) is 0. The van der Waals surface area contributed by atoms with Crippen LogP contribution in [-0.4, -0.2) is 26.3 Å². The lowest BCUT2D eigenvalue weighted by Crippen LogP contribution is -2.21. The Balaban J connectivity index is 3.15. The van der Waals surface area contributed by atoms with Crippen LogP contribution in [0.15, 0.2) is 0 Å². The van der Waals surface area contributed by atoms with Crippen molar-refractivity contribution >= 4 is 0 Å². The van der Waals surface area contributed by atoms with Gasteiger partial charge in [0.15, 0.2) is 0 Å². The van der Waals surface area contributed by atoms with Crippen LogP contribution in [0.3, 0.4) is 0 Å². The van der Waals surface area contributed by atoms with Crippen LogP contribution in [-0.2, 0) is 4.74 Å². The highest BCUT2D eigenvalue weighted by atomic mass is 16.5. The van der Waals surface area contributed by atoms with Crippen molar-refractivity contribution in [1.29, 1.82) is 5.26 Å². The number of ether oxygens (including phenoxy) is 1. The van der Waals surface area contributed by atoms with Crippen LogP contribution in [0.4, 0.5) is 0 Å². The van der Waals surface area contributed by atoms with Crippen molar-refractivity contribution in [3.05, 3.63) is 0 Å². The lowest BCUT2D eigenvalue weighted by atomic mass is 9.89. The summed E-state index contributed by atoms with van der Waals surface area (Å²) in [7, 11) is 0. The minimum absolute atomic E-state index is 0.167. The molecule has 0 aromatic heterocycles. The molecule has 0 atom stereocenters. The molecular weight excluding hydrogens is 224 g/mol. The van der Waals surface area contributed by atoms with Crippen molar-refractivity contribution in [1.82, 2.24) is 5.32 Å². The molecule has 0 rings (SSSR count). The number of hydrogen-bond acceptors (Lipinski definition) is 3. The zero-order valence-electron chi connectivity index (χ0n) is 12.6. The Labute approximate surface area is 113 Å². The van der Waals surface area contributed by atoms with Gasteiger partial charge in [-0.05, 0) is 45.6 Å². The van der Waals surface area contributed by atoms with Crippen LogP contribution in [0.2, 0.25) is 0 Å². The number of nitrogens with zero attached hydrogens (tertiary/aromatic N) is 1. The molecule has 0 amide bonds. The first-order valence-corrected chi connectivity index (χ1v) is 7.17. The third kappa shape index (κ3) is 11.9. The van der Waals surface area contributed by atoms with Crippen molar-refractivity contribution in [3.8, 4) is 6.07 Å². The zero-order chi connectivity index (χ0) is 13.9. The predicted molar refractivity (Wildman–Crippen MR) is 76.4 cm³/mol. The number of nitrogens with one attached hydrogen (secondary N) is 1. The highest BCUT2D eigenvalue weighted by Gasteiger charge is 2.14. The fraction of sp³-hybridized carbons (Fsp3) is 0.933. The van der Waals surface area contributed by atoms with E-state index in [0.717, 1.165) is 57.9 Å². The molecule has 0 saturated carbocycles. The SMILES string of the molecule is CC(C)CCOCCNCCCCC(C)(C)C#N. The summed E-state index contributed by atoms with van der Waals surface area (Å²) in [5.74, 6) is 0.724. The number of hydrogen-bond donors (Lipinski definition) is 1.